The molecule has 2 heterocycles. The summed E-state index contributed by atoms with van der Waals surface area (Å²) in [7, 11) is 0. The van der Waals surface area contributed by atoms with Crippen molar-refractivity contribution >= 4 is 34.1 Å². The van der Waals surface area contributed by atoms with Crippen LogP contribution in [0, 0.1) is 5.92 Å². The van der Waals surface area contributed by atoms with Gasteiger partial charge >= 0.3 is 6.03 Å². The molecule has 0 spiro atoms. The normalized spacial score (nSPS) is 16.5. The molecule has 2 aromatic rings. The SMILES string of the molecule is CC(C)(C)c1ccc(NC(=O)N2CCc3nc(NC(=O)C4CC4)sc3C2)cc1. The number of nitrogens with zero attached hydrogens (tertiary/aromatic N) is 2. The molecule has 1 aromatic carbocycles. The number of anilines is 2. The summed E-state index contributed by atoms with van der Waals surface area (Å²) in [4.78, 5) is 32.0. The van der Waals surface area contributed by atoms with Crippen LogP contribution in [0.2, 0.25) is 0 Å². The van der Waals surface area contributed by atoms with E-state index in [2.05, 4.69) is 48.5 Å². The Bertz CT molecular complexity index is 894. The summed E-state index contributed by atoms with van der Waals surface area (Å²) >= 11 is 1.48. The number of benzene rings is 1. The van der Waals surface area contributed by atoms with Crippen LogP contribution in [-0.2, 0) is 23.2 Å². The molecule has 1 aromatic heterocycles. The van der Waals surface area contributed by atoms with Crippen molar-refractivity contribution in [2.24, 2.45) is 5.92 Å². The first-order valence-electron chi connectivity index (χ1n) is 9.75. The van der Waals surface area contributed by atoms with Crippen LogP contribution in [0.15, 0.2) is 24.3 Å². The molecule has 3 amide bonds. The average molecular weight is 399 g/mol. The Kier molecular flexibility index (Phi) is 4.87. The van der Waals surface area contributed by atoms with Crippen LogP contribution in [0.3, 0.4) is 0 Å². The summed E-state index contributed by atoms with van der Waals surface area (Å²) in [5.74, 6) is 0.229. The molecule has 6 nitrogen and oxygen atoms in total. The van der Waals surface area contributed by atoms with Gasteiger partial charge in [-0.2, -0.15) is 0 Å². The van der Waals surface area contributed by atoms with Gasteiger partial charge in [-0.15, -0.1) is 0 Å². The lowest BCUT2D eigenvalue weighted by molar-refractivity contribution is -0.117. The van der Waals surface area contributed by atoms with E-state index >= 15 is 0 Å². The van der Waals surface area contributed by atoms with E-state index in [1.807, 2.05) is 12.1 Å². The number of fused-ring (bicyclic) bond motifs is 1. The Morgan fingerprint density at radius 1 is 1.14 bits per heavy atom. The van der Waals surface area contributed by atoms with Gasteiger partial charge in [-0.25, -0.2) is 9.78 Å². The van der Waals surface area contributed by atoms with E-state index in [1.165, 1.54) is 16.9 Å². The van der Waals surface area contributed by atoms with Gasteiger partial charge in [0.1, 0.15) is 0 Å². The number of aromatic nitrogens is 1. The van der Waals surface area contributed by atoms with Crippen molar-refractivity contribution in [2.45, 2.75) is 52.0 Å². The van der Waals surface area contributed by atoms with E-state index in [0.717, 1.165) is 29.1 Å². The summed E-state index contributed by atoms with van der Waals surface area (Å²) in [6.07, 6.45) is 2.66. The van der Waals surface area contributed by atoms with Crippen molar-refractivity contribution in [1.29, 1.82) is 0 Å². The van der Waals surface area contributed by atoms with E-state index in [1.54, 1.807) is 4.90 Å². The lowest BCUT2D eigenvalue weighted by Gasteiger charge is -2.26. The number of urea groups is 1. The topological polar surface area (TPSA) is 74.3 Å². The second kappa shape index (κ2) is 7.20. The monoisotopic (exact) mass is 398 g/mol. The van der Waals surface area contributed by atoms with Gasteiger partial charge in [0.25, 0.3) is 0 Å². The van der Waals surface area contributed by atoms with Crippen LogP contribution in [0.25, 0.3) is 0 Å². The minimum absolute atomic E-state index is 0.0689. The molecule has 7 heteroatoms. The largest absolute Gasteiger partial charge is 0.322 e. The summed E-state index contributed by atoms with van der Waals surface area (Å²) in [5, 5.41) is 6.55. The molecular formula is C21H26N4O2S. The van der Waals surface area contributed by atoms with Gasteiger partial charge in [-0.05, 0) is 36.0 Å². The van der Waals surface area contributed by atoms with Crippen molar-refractivity contribution in [2.75, 3.05) is 17.2 Å². The van der Waals surface area contributed by atoms with Gasteiger partial charge < -0.3 is 15.5 Å². The summed E-state index contributed by atoms with van der Waals surface area (Å²) in [5.41, 5.74) is 3.11. The molecule has 0 unspecified atom stereocenters. The number of rotatable bonds is 3. The van der Waals surface area contributed by atoms with Gasteiger partial charge in [-0.3, -0.25) is 4.79 Å². The van der Waals surface area contributed by atoms with Crippen LogP contribution in [0.4, 0.5) is 15.6 Å². The molecule has 1 aliphatic carbocycles. The second-order valence-corrected chi connectivity index (χ2v) is 9.67. The maximum absolute atomic E-state index is 12.7. The number of carbonyl (C=O) groups is 2. The highest BCUT2D eigenvalue weighted by atomic mass is 32.1. The highest BCUT2D eigenvalue weighted by molar-refractivity contribution is 7.15. The van der Waals surface area contributed by atoms with E-state index in [4.69, 9.17) is 0 Å². The lowest BCUT2D eigenvalue weighted by Crippen LogP contribution is -2.38. The van der Waals surface area contributed by atoms with Gasteiger partial charge in [0.15, 0.2) is 5.13 Å². The first-order valence-corrected chi connectivity index (χ1v) is 10.6. The fourth-order valence-electron chi connectivity index (χ4n) is 3.23. The number of hydrogen-bond donors (Lipinski definition) is 2. The molecule has 2 N–H and O–H groups in total. The molecule has 0 saturated heterocycles. The standard InChI is InChI=1S/C21H26N4O2S/c1-21(2,3)14-6-8-15(9-7-14)22-20(27)25-11-10-16-17(12-25)28-19(23-16)24-18(26)13-4-5-13/h6-9,13H,4-5,10-12H2,1-3H3,(H,22,27)(H,23,24,26). The Hall–Kier alpha value is -2.41. The van der Waals surface area contributed by atoms with Crippen molar-refractivity contribution in [3.05, 3.63) is 40.4 Å². The molecule has 1 fully saturated rings. The number of thiazole rings is 1. The fourth-order valence-corrected chi connectivity index (χ4v) is 4.26. The van der Waals surface area contributed by atoms with Gasteiger partial charge in [0, 0.05) is 29.4 Å². The Morgan fingerprint density at radius 3 is 2.50 bits per heavy atom. The molecule has 148 valence electrons. The first kappa shape index (κ1) is 18.9. The van der Waals surface area contributed by atoms with E-state index in [9.17, 15) is 9.59 Å². The number of nitrogens with one attached hydrogen (secondary N) is 2. The smallest absolute Gasteiger partial charge is 0.319 e. The number of hydrogen-bond acceptors (Lipinski definition) is 4. The van der Waals surface area contributed by atoms with Crippen molar-refractivity contribution in [3.8, 4) is 0 Å². The maximum atomic E-state index is 12.7. The third kappa shape index (κ3) is 4.19. The highest BCUT2D eigenvalue weighted by Crippen LogP contribution is 2.33. The highest BCUT2D eigenvalue weighted by Gasteiger charge is 2.31. The van der Waals surface area contributed by atoms with Crippen LogP contribution < -0.4 is 10.6 Å². The molecule has 28 heavy (non-hydrogen) atoms. The average Bonchev–Trinajstić information content (AvgIpc) is 3.41. The molecule has 1 aliphatic heterocycles. The number of amides is 3. The van der Waals surface area contributed by atoms with E-state index in [0.29, 0.717) is 24.6 Å². The van der Waals surface area contributed by atoms with E-state index in [-0.39, 0.29) is 23.3 Å². The molecule has 0 radical (unpaired) electrons. The second-order valence-electron chi connectivity index (χ2n) is 8.58. The minimum Gasteiger partial charge on any atom is -0.319 e. The van der Waals surface area contributed by atoms with Crippen molar-refractivity contribution in [1.82, 2.24) is 9.88 Å². The summed E-state index contributed by atoms with van der Waals surface area (Å²) in [6.45, 7) is 7.66. The molecule has 2 aliphatic rings. The molecule has 4 rings (SSSR count). The van der Waals surface area contributed by atoms with Gasteiger partial charge in [-0.1, -0.05) is 44.2 Å². The maximum Gasteiger partial charge on any atom is 0.322 e. The van der Waals surface area contributed by atoms with Gasteiger partial charge in [0.2, 0.25) is 5.91 Å². The van der Waals surface area contributed by atoms with Crippen LogP contribution in [0.1, 0.15) is 49.7 Å². The zero-order chi connectivity index (χ0) is 19.9. The lowest BCUT2D eigenvalue weighted by atomic mass is 9.87. The van der Waals surface area contributed by atoms with Crippen LogP contribution >= 0.6 is 11.3 Å². The van der Waals surface area contributed by atoms with E-state index < -0.39 is 0 Å². The summed E-state index contributed by atoms with van der Waals surface area (Å²) < 4.78 is 0. The zero-order valence-corrected chi connectivity index (χ0v) is 17.4. The third-order valence-corrected chi connectivity index (χ3v) is 6.20. The molecule has 0 atom stereocenters. The molecule has 1 saturated carbocycles. The van der Waals surface area contributed by atoms with Crippen molar-refractivity contribution in [3.63, 3.8) is 0 Å². The Labute approximate surface area is 169 Å². The van der Waals surface area contributed by atoms with Crippen molar-refractivity contribution < 1.29 is 9.59 Å². The minimum atomic E-state index is -0.105. The predicted molar refractivity (Wildman–Crippen MR) is 112 cm³/mol. The van der Waals surface area contributed by atoms with Crippen LogP contribution in [0.5, 0.6) is 0 Å². The first-order chi connectivity index (χ1) is 13.3. The number of carbonyl (C=O) groups excluding carboxylic acids is 2. The molecule has 0 bridgehead atoms. The predicted octanol–water partition coefficient (Wildman–Crippen LogP) is 4.38. The molecular weight excluding hydrogens is 372 g/mol. The Morgan fingerprint density at radius 2 is 1.86 bits per heavy atom. The van der Waals surface area contributed by atoms with Gasteiger partial charge in [0.05, 0.1) is 12.2 Å². The summed E-state index contributed by atoms with van der Waals surface area (Å²) in [6, 6.07) is 7.91. The third-order valence-electron chi connectivity index (χ3n) is 5.20. The Balaban J connectivity index is 1.37. The van der Waals surface area contributed by atoms with Crippen LogP contribution in [-0.4, -0.2) is 28.4 Å². The fraction of sp³-hybridized carbons (Fsp3) is 0.476. The zero-order valence-electron chi connectivity index (χ0n) is 16.5. The quantitative estimate of drug-likeness (QED) is 0.806.